The van der Waals surface area contributed by atoms with Crippen LogP contribution in [0.25, 0.3) is 66.6 Å². The van der Waals surface area contributed by atoms with Gasteiger partial charge in [-0.15, -0.1) is 0 Å². The van der Waals surface area contributed by atoms with Crippen LogP contribution in [-0.2, 0) is 0 Å². The van der Waals surface area contributed by atoms with Crippen molar-refractivity contribution in [1.29, 1.82) is 0 Å². The van der Waals surface area contributed by atoms with Crippen LogP contribution >= 0.6 is 0 Å². The molecule has 0 aliphatic carbocycles. The number of rotatable bonds is 6. The first-order chi connectivity index (χ1) is 25.3. The van der Waals surface area contributed by atoms with Crippen LogP contribution in [0.15, 0.2) is 182 Å². The van der Waals surface area contributed by atoms with E-state index in [1.165, 1.54) is 21.8 Å². The number of anilines is 3. The van der Waals surface area contributed by atoms with Crippen molar-refractivity contribution in [2.45, 2.75) is 0 Å². The maximum absolute atomic E-state index is 5.27. The minimum Gasteiger partial charge on any atom is -0.309 e. The molecule has 3 heterocycles. The van der Waals surface area contributed by atoms with E-state index in [1.54, 1.807) is 0 Å². The van der Waals surface area contributed by atoms with Gasteiger partial charge in [-0.1, -0.05) is 121 Å². The molecule has 0 aliphatic rings. The highest BCUT2D eigenvalue weighted by molar-refractivity contribution is 6.12. The Kier molecular flexibility index (Phi) is 6.70. The Morgan fingerprint density at radius 1 is 0.373 bits per heavy atom. The van der Waals surface area contributed by atoms with E-state index in [-0.39, 0.29) is 0 Å². The van der Waals surface area contributed by atoms with Crippen molar-refractivity contribution in [3.63, 3.8) is 0 Å². The van der Waals surface area contributed by atoms with E-state index in [0.717, 1.165) is 44.4 Å². The molecule has 0 saturated heterocycles. The predicted octanol–water partition coefficient (Wildman–Crippen LogP) is 11.2. The summed E-state index contributed by atoms with van der Waals surface area (Å²) in [6, 6.07) is 63.1. The lowest BCUT2D eigenvalue weighted by Crippen LogP contribution is -2.16. The maximum atomic E-state index is 5.27. The lowest BCUT2D eigenvalue weighted by Gasteiger charge is -2.24. The average Bonchev–Trinajstić information content (AvgIpc) is 3.72. The first-order valence-corrected chi connectivity index (χ1v) is 17.1. The summed E-state index contributed by atoms with van der Waals surface area (Å²) in [4.78, 5) is 17.7. The molecule has 0 amide bonds. The van der Waals surface area contributed by atoms with Gasteiger partial charge in [0, 0.05) is 44.2 Å². The quantitative estimate of drug-likeness (QED) is 0.179. The lowest BCUT2D eigenvalue weighted by molar-refractivity contribution is 0.933. The van der Waals surface area contributed by atoms with Gasteiger partial charge >= 0.3 is 0 Å². The Bertz CT molecular complexity index is 2770. The van der Waals surface area contributed by atoms with Crippen LogP contribution in [0.5, 0.6) is 0 Å². The summed E-state index contributed by atoms with van der Waals surface area (Å²) in [6.45, 7) is 0. The molecule has 10 rings (SSSR count). The van der Waals surface area contributed by atoms with Crippen molar-refractivity contribution < 1.29 is 0 Å². The molecule has 7 aromatic carbocycles. The Labute approximate surface area is 294 Å². The third-order valence-electron chi connectivity index (χ3n) is 9.57. The van der Waals surface area contributed by atoms with Crippen LogP contribution in [0.2, 0.25) is 0 Å². The summed E-state index contributed by atoms with van der Waals surface area (Å²) in [5.74, 6) is 1.68. The molecule has 0 saturated carbocycles. The SMILES string of the molecule is c1ccc(-c2nc(N(c3ccccc3)c3ccccc3)nc(-n3c4ccccc4c4cc(-n5c6ccccc6c6ccccc65)ccc43)n2)cc1. The van der Waals surface area contributed by atoms with Crippen molar-refractivity contribution in [2.75, 3.05) is 4.90 Å². The molecule has 0 radical (unpaired) electrons. The second-order valence-electron chi connectivity index (χ2n) is 12.6. The van der Waals surface area contributed by atoms with E-state index < -0.39 is 0 Å². The van der Waals surface area contributed by atoms with E-state index in [0.29, 0.717) is 17.7 Å². The number of hydrogen-bond acceptors (Lipinski definition) is 4. The molecule has 0 N–H and O–H groups in total. The predicted molar refractivity (Wildman–Crippen MR) is 209 cm³/mol. The molecule has 0 fully saturated rings. The average molecular weight is 655 g/mol. The largest absolute Gasteiger partial charge is 0.309 e. The van der Waals surface area contributed by atoms with Gasteiger partial charge in [-0.2, -0.15) is 15.0 Å². The standard InChI is InChI=1S/C45H30N6/c1-4-16-31(17-5-1)43-46-44(49(32-18-6-2-7-19-32)33-20-8-3-9-21-33)48-45(47-43)51-41-27-15-12-24-37(41)38-30-34(28-29-42(38)51)50-39-25-13-10-22-35(39)36-23-11-14-26-40(36)50/h1-30H. The number of para-hydroxylation sites is 5. The van der Waals surface area contributed by atoms with Gasteiger partial charge in [0.2, 0.25) is 11.9 Å². The van der Waals surface area contributed by atoms with E-state index in [9.17, 15) is 0 Å². The zero-order valence-corrected chi connectivity index (χ0v) is 27.5. The first kappa shape index (κ1) is 28.9. The van der Waals surface area contributed by atoms with Crippen LogP contribution in [-0.4, -0.2) is 24.1 Å². The van der Waals surface area contributed by atoms with E-state index in [4.69, 9.17) is 15.0 Å². The number of nitrogens with zero attached hydrogens (tertiary/aromatic N) is 6. The highest BCUT2D eigenvalue weighted by atomic mass is 15.3. The number of hydrogen-bond donors (Lipinski definition) is 0. The highest BCUT2D eigenvalue weighted by Crippen LogP contribution is 2.38. The number of fused-ring (bicyclic) bond motifs is 6. The summed E-state index contributed by atoms with van der Waals surface area (Å²) in [7, 11) is 0. The molecule has 0 unspecified atom stereocenters. The van der Waals surface area contributed by atoms with Crippen LogP contribution < -0.4 is 4.90 Å². The minimum absolute atomic E-state index is 0.532. The third-order valence-corrected chi connectivity index (χ3v) is 9.57. The van der Waals surface area contributed by atoms with Gasteiger partial charge < -0.3 is 4.57 Å². The van der Waals surface area contributed by atoms with Crippen LogP contribution in [0.1, 0.15) is 0 Å². The van der Waals surface area contributed by atoms with Gasteiger partial charge in [0.15, 0.2) is 5.82 Å². The van der Waals surface area contributed by atoms with Crippen molar-refractivity contribution in [3.05, 3.63) is 182 Å². The molecule has 6 heteroatoms. The Balaban J connectivity index is 1.24. The zero-order valence-electron chi connectivity index (χ0n) is 27.5. The van der Waals surface area contributed by atoms with E-state index in [1.807, 2.05) is 66.7 Å². The molecule has 0 bridgehead atoms. The van der Waals surface area contributed by atoms with Gasteiger partial charge in [0.1, 0.15) is 0 Å². The van der Waals surface area contributed by atoms with Gasteiger partial charge in [0.25, 0.3) is 0 Å². The monoisotopic (exact) mass is 654 g/mol. The molecule has 10 aromatic rings. The van der Waals surface area contributed by atoms with E-state index >= 15 is 0 Å². The molecule has 240 valence electrons. The first-order valence-electron chi connectivity index (χ1n) is 17.1. The lowest BCUT2D eigenvalue weighted by atomic mass is 10.1. The Morgan fingerprint density at radius 3 is 1.43 bits per heavy atom. The topological polar surface area (TPSA) is 51.8 Å². The number of aromatic nitrogens is 5. The van der Waals surface area contributed by atoms with Gasteiger partial charge in [-0.05, 0) is 60.7 Å². The molecule has 51 heavy (non-hydrogen) atoms. The number of benzene rings is 7. The van der Waals surface area contributed by atoms with Gasteiger partial charge in [-0.3, -0.25) is 9.47 Å². The Morgan fingerprint density at radius 2 is 0.843 bits per heavy atom. The molecule has 3 aromatic heterocycles. The maximum Gasteiger partial charge on any atom is 0.240 e. The Hall–Kier alpha value is -7.05. The third kappa shape index (κ3) is 4.76. The fraction of sp³-hybridized carbons (Fsp3) is 0. The fourth-order valence-corrected chi connectivity index (χ4v) is 7.32. The summed E-state index contributed by atoms with van der Waals surface area (Å²) < 4.78 is 4.54. The second kappa shape index (κ2) is 11.8. The van der Waals surface area contributed by atoms with E-state index in [2.05, 4.69) is 129 Å². The van der Waals surface area contributed by atoms with Gasteiger partial charge in [0.05, 0.1) is 22.1 Å². The zero-order chi connectivity index (χ0) is 33.7. The van der Waals surface area contributed by atoms with Crippen LogP contribution in [0.3, 0.4) is 0 Å². The second-order valence-corrected chi connectivity index (χ2v) is 12.6. The van der Waals surface area contributed by atoms with Crippen LogP contribution in [0, 0.1) is 0 Å². The molecule has 0 aliphatic heterocycles. The molecular weight excluding hydrogens is 625 g/mol. The fourth-order valence-electron chi connectivity index (χ4n) is 7.32. The normalized spacial score (nSPS) is 11.5. The van der Waals surface area contributed by atoms with Crippen molar-refractivity contribution in [3.8, 4) is 23.0 Å². The van der Waals surface area contributed by atoms with Gasteiger partial charge in [-0.25, -0.2) is 0 Å². The molecular formula is C45H30N6. The van der Waals surface area contributed by atoms with Crippen molar-refractivity contribution in [2.24, 2.45) is 0 Å². The molecule has 6 nitrogen and oxygen atoms in total. The van der Waals surface area contributed by atoms with Crippen molar-refractivity contribution >= 4 is 60.9 Å². The summed E-state index contributed by atoms with van der Waals surface area (Å²) in [5.41, 5.74) is 8.32. The van der Waals surface area contributed by atoms with Crippen molar-refractivity contribution in [1.82, 2.24) is 24.1 Å². The smallest absolute Gasteiger partial charge is 0.240 e. The summed E-state index contributed by atoms with van der Waals surface area (Å²) in [6.07, 6.45) is 0. The molecule has 0 spiro atoms. The summed E-state index contributed by atoms with van der Waals surface area (Å²) in [5, 5.41) is 4.73. The summed E-state index contributed by atoms with van der Waals surface area (Å²) >= 11 is 0. The highest BCUT2D eigenvalue weighted by Gasteiger charge is 2.22. The molecule has 0 atom stereocenters. The minimum atomic E-state index is 0.532. The van der Waals surface area contributed by atoms with Crippen LogP contribution in [0.4, 0.5) is 17.3 Å².